The molecule has 0 aliphatic rings. The Morgan fingerprint density at radius 3 is 2.25 bits per heavy atom. The SMILES string of the molecule is CC.COc1ccc2c(C#N)c(-c3ccc(C(=O)Nc4ccc(C)cc4)cc3)n(C)c2c1. The highest BCUT2D eigenvalue weighted by atomic mass is 16.5. The number of aryl methyl sites for hydroxylation is 2. The Bertz CT molecular complexity index is 1280. The van der Waals surface area contributed by atoms with Crippen molar-refractivity contribution in [1.82, 2.24) is 4.57 Å². The van der Waals surface area contributed by atoms with Gasteiger partial charge in [-0.05, 0) is 48.9 Å². The first-order valence-electron chi connectivity index (χ1n) is 10.6. The van der Waals surface area contributed by atoms with Crippen LogP contribution in [-0.2, 0) is 7.05 Å². The van der Waals surface area contributed by atoms with Gasteiger partial charge in [-0.25, -0.2) is 0 Å². The number of ether oxygens (including phenoxy) is 1. The summed E-state index contributed by atoms with van der Waals surface area (Å²) in [6.07, 6.45) is 0. The van der Waals surface area contributed by atoms with Crippen LogP contribution in [-0.4, -0.2) is 17.6 Å². The van der Waals surface area contributed by atoms with Gasteiger partial charge in [0.05, 0.1) is 23.9 Å². The lowest BCUT2D eigenvalue weighted by molar-refractivity contribution is 0.102. The molecule has 1 aromatic heterocycles. The zero-order valence-corrected chi connectivity index (χ0v) is 19.1. The number of hydrogen-bond donors (Lipinski definition) is 1. The second-order valence-corrected chi connectivity index (χ2v) is 7.18. The van der Waals surface area contributed by atoms with Crippen LogP contribution in [0.3, 0.4) is 0 Å². The van der Waals surface area contributed by atoms with E-state index in [4.69, 9.17) is 4.74 Å². The van der Waals surface area contributed by atoms with Gasteiger partial charge >= 0.3 is 0 Å². The van der Waals surface area contributed by atoms with Crippen molar-refractivity contribution in [2.24, 2.45) is 7.05 Å². The molecule has 0 aliphatic carbocycles. The largest absolute Gasteiger partial charge is 0.497 e. The molecule has 5 nitrogen and oxygen atoms in total. The minimum atomic E-state index is -0.173. The van der Waals surface area contributed by atoms with E-state index in [1.54, 1.807) is 19.2 Å². The highest BCUT2D eigenvalue weighted by Gasteiger charge is 2.17. The summed E-state index contributed by atoms with van der Waals surface area (Å²) in [6.45, 7) is 6.00. The molecule has 0 spiro atoms. The second kappa shape index (κ2) is 9.84. The molecule has 0 saturated carbocycles. The van der Waals surface area contributed by atoms with Crippen LogP contribution in [0.2, 0.25) is 0 Å². The number of nitriles is 1. The number of methoxy groups -OCH3 is 1. The molecule has 4 aromatic rings. The standard InChI is InChI=1S/C25H21N3O2.C2H6/c1-16-4-10-19(11-5-16)27-25(29)18-8-6-17(7-9-18)24-22(15-26)21-13-12-20(30-3)14-23(21)28(24)2;1-2/h4-14H,1-3H3,(H,27,29);1-2H3. The van der Waals surface area contributed by atoms with Crippen molar-refractivity contribution in [1.29, 1.82) is 5.26 Å². The molecular weight excluding hydrogens is 398 g/mol. The number of amides is 1. The molecule has 0 radical (unpaired) electrons. The molecule has 0 aliphatic heterocycles. The molecule has 3 aromatic carbocycles. The third kappa shape index (κ3) is 4.35. The van der Waals surface area contributed by atoms with Gasteiger partial charge in [0.25, 0.3) is 5.91 Å². The third-order valence-electron chi connectivity index (χ3n) is 5.25. The van der Waals surface area contributed by atoms with Crippen molar-refractivity contribution in [3.05, 3.63) is 83.4 Å². The highest BCUT2D eigenvalue weighted by molar-refractivity contribution is 6.04. The van der Waals surface area contributed by atoms with Crippen LogP contribution in [0.25, 0.3) is 22.2 Å². The van der Waals surface area contributed by atoms with E-state index in [-0.39, 0.29) is 5.91 Å². The van der Waals surface area contributed by atoms with Crippen molar-refractivity contribution in [2.45, 2.75) is 20.8 Å². The van der Waals surface area contributed by atoms with Crippen LogP contribution < -0.4 is 10.1 Å². The summed E-state index contributed by atoms with van der Waals surface area (Å²) in [6, 6.07) is 23.0. The minimum Gasteiger partial charge on any atom is -0.497 e. The number of nitrogens with zero attached hydrogens (tertiary/aromatic N) is 2. The maximum Gasteiger partial charge on any atom is 0.255 e. The summed E-state index contributed by atoms with van der Waals surface area (Å²) < 4.78 is 7.31. The summed E-state index contributed by atoms with van der Waals surface area (Å²) in [5.41, 5.74) is 5.65. The van der Waals surface area contributed by atoms with E-state index in [1.165, 1.54) is 0 Å². The Labute approximate surface area is 188 Å². The monoisotopic (exact) mass is 425 g/mol. The van der Waals surface area contributed by atoms with E-state index in [2.05, 4.69) is 11.4 Å². The number of hydrogen-bond acceptors (Lipinski definition) is 3. The van der Waals surface area contributed by atoms with Crippen LogP contribution in [0.1, 0.15) is 35.3 Å². The predicted octanol–water partition coefficient (Wildman–Crippen LogP) is 6.31. The molecule has 0 bridgehead atoms. The Balaban J connectivity index is 0.00000141. The number of nitrogens with one attached hydrogen (secondary N) is 1. The fourth-order valence-corrected chi connectivity index (χ4v) is 3.61. The lowest BCUT2D eigenvalue weighted by Gasteiger charge is -2.08. The van der Waals surface area contributed by atoms with Crippen molar-refractivity contribution in [3.63, 3.8) is 0 Å². The maximum atomic E-state index is 12.6. The normalized spacial score (nSPS) is 10.1. The van der Waals surface area contributed by atoms with Gasteiger partial charge in [0.15, 0.2) is 0 Å². The van der Waals surface area contributed by atoms with Gasteiger partial charge in [0.1, 0.15) is 11.8 Å². The van der Waals surface area contributed by atoms with Crippen LogP contribution >= 0.6 is 0 Å². The van der Waals surface area contributed by atoms with Gasteiger partial charge in [-0.2, -0.15) is 5.26 Å². The van der Waals surface area contributed by atoms with E-state index >= 15 is 0 Å². The minimum absolute atomic E-state index is 0.173. The number of carbonyl (C=O) groups excluding carboxylic acids is 1. The summed E-state index contributed by atoms with van der Waals surface area (Å²) in [7, 11) is 3.55. The molecule has 1 N–H and O–H groups in total. The summed E-state index contributed by atoms with van der Waals surface area (Å²) >= 11 is 0. The molecule has 0 saturated heterocycles. The fourth-order valence-electron chi connectivity index (χ4n) is 3.61. The van der Waals surface area contributed by atoms with Crippen LogP contribution in [0.4, 0.5) is 5.69 Å². The Morgan fingerprint density at radius 2 is 1.66 bits per heavy atom. The first kappa shape index (κ1) is 22.6. The zero-order chi connectivity index (χ0) is 23.3. The molecule has 0 unspecified atom stereocenters. The number of carbonyl (C=O) groups is 1. The summed E-state index contributed by atoms with van der Waals surface area (Å²) in [4.78, 5) is 12.6. The fraction of sp³-hybridized carbons (Fsp3) is 0.185. The number of aromatic nitrogens is 1. The van der Waals surface area contributed by atoms with E-state index in [0.29, 0.717) is 11.1 Å². The molecular formula is C27H27N3O2. The Hall–Kier alpha value is -4.04. The van der Waals surface area contributed by atoms with Gasteiger partial charge in [-0.1, -0.05) is 43.7 Å². The molecule has 4 rings (SSSR count). The van der Waals surface area contributed by atoms with Crippen molar-refractivity contribution in [2.75, 3.05) is 12.4 Å². The number of anilines is 1. The highest BCUT2D eigenvalue weighted by Crippen LogP contribution is 2.34. The topological polar surface area (TPSA) is 67.0 Å². The Kier molecular flexibility index (Phi) is 6.97. The molecule has 1 heterocycles. The van der Waals surface area contributed by atoms with E-state index in [1.807, 2.05) is 87.0 Å². The lowest BCUT2D eigenvalue weighted by atomic mass is 10.0. The van der Waals surface area contributed by atoms with Crippen molar-refractivity contribution < 1.29 is 9.53 Å². The maximum absolute atomic E-state index is 12.6. The number of fused-ring (bicyclic) bond motifs is 1. The van der Waals surface area contributed by atoms with Gasteiger partial charge in [-0.3, -0.25) is 4.79 Å². The molecule has 5 heteroatoms. The van der Waals surface area contributed by atoms with Gasteiger partial charge in [-0.15, -0.1) is 0 Å². The summed E-state index contributed by atoms with van der Waals surface area (Å²) in [5, 5.41) is 13.6. The quantitative estimate of drug-likeness (QED) is 0.416. The first-order valence-corrected chi connectivity index (χ1v) is 10.6. The third-order valence-corrected chi connectivity index (χ3v) is 5.25. The average Bonchev–Trinajstić information content (AvgIpc) is 3.12. The van der Waals surface area contributed by atoms with Gasteiger partial charge < -0.3 is 14.6 Å². The average molecular weight is 426 g/mol. The van der Waals surface area contributed by atoms with Gasteiger partial charge in [0.2, 0.25) is 0 Å². The molecule has 1 amide bonds. The van der Waals surface area contributed by atoms with Crippen molar-refractivity contribution in [3.8, 4) is 23.1 Å². The van der Waals surface area contributed by atoms with Crippen molar-refractivity contribution >= 4 is 22.5 Å². The zero-order valence-electron chi connectivity index (χ0n) is 19.1. The predicted molar refractivity (Wildman–Crippen MR) is 130 cm³/mol. The number of rotatable bonds is 4. The van der Waals surface area contributed by atoms with E-state index in [0.717, 1.165) is 39.2 Å². The molecule has 162 valence electrons. The van der Waals surface area contributed by atoms with E-state index < -0.39 is 0 Å². The molecule has 0 fully saturated rings. The number of benzene rings is 3. The van der Waals surface area contributed by atoms with Crippen LogP contribution in [0, 0.1) is 18.3 Å². The molecule has 32 heavy (non-hydrogen) atoms. The smallest absolute Gasteiger partial charge is 0.255 e. The first-order chi connectivity index (χ1) is 15.5. The van der Waals surface area contributed by atoms with Gasteiger partial charge in [0, 0.05) is 29.8 Å². The summed E-state index contributed by atoms with van der Waals surface area (Å²) in [5.74, 6) is 0.565. The van der Waals surface area contributed by atoms with Crippen LogP contribution in [0.5, 0.6) is 5.75 Å². The van der Waals surface area contributed by atoms with Crippen LogP contribution in [0.15, 0.2) is 66.7 Å². The van der Waals surface area contributed by atoms with E-state index in [9.17, 15) is 10.1 Å². The second-order valence-electron chi connectivity index (χ2n) is 7.18. The molecule has 0 atom stereocenters. The Morgan fingerprint density at radius 1 is 1.00 bits per heavy atom. The lowest BCUT2D eigenvalue weighted by Crippen LogP contribution is -2.11.